The fourth-order valence-corrected chi connectivity index (χ4v) is 4.39. The summed E-state index contributed by atoms with van der Waals surface area (Å²) in [5.74, 6) is -1.16. The molecule has 0 aliphatic heterocycles. The van der Waals surface area contributed by atoms with E-state index < -0.39 is 18.1 Å². The number of carboxylic acids is 1. The van der Waals surface area contributed by atoms with Gasteiger partial charge in [-0.05, 0) is 41.5 Å². The van der Waals surface area contributed by atoms with Crippen molar-refractivity contribution in [1.82, 2.24) is 10.6 Å². The van der Waals surface area contributed by atoms with Gasteiger partial charge in [-0.15, -0.1) is 0 Å². The minimum Gasteiger partial charge on any atom is -0.480 e. The Bertz CT molecular complexity index is 945. The van der Waals surface area contributed by atoms with E-state index in [1.54, 1.807) is 6.92 Å². The Morgan fingerprint density at radius 1 is 0.912 bits per heavy atom. The molecule has 3 rings (SSSR count). The Labute approximate surface area is 200 Å². The second-order valence-electron chi connectivity index (χ2n) is 8.64. The first-order chi connectivity index (χ1) is 16.5. The van der Waals surface area contributed by atoms with E-state index >= 15 is 0 Å². The van der Waals surface area contributed by atoms with Gasteiger partial charge >= 0.3 is 12.1 Å². The van der Waals surface area contributed by atoms with E-state index in [4.69, 9.17) is 9.84 Å². The summed E-state index contributed by atoms with van der Waals surface area (Å²) in [5, 5.41) is 14.3. The average molecular weight is 467 g/mol. The minimum atomic E-state index is -1.00. The number of carbonyl (C=O) groups is 3. The van der Waals surface area contributed by atoms with Gasteiger partial charge in [0.2, 0.25) is 5.91 Å². The maximum absolute atomic E-state index is 12.2. The second-order valence-corrected chi connectivity index (χ2v) is 8.64. The summed E-state index contributed by atoms with van der Waals surface area (Å²) < 4.78 is 5.53. The minimum absolute atomic E-state index is 0.0541. The number of amides is 2. The van der Waals surface area contributed by atoms with Crippen LogP contribution in [0.3, 0.4) is 0 Å². The van der Waals surface area contributed by atoms with Crippen molar-refractivity contribution >= 4 is 18.0 Å². The van der Waals surface area contributed by atoms with Crippen molar-refractivity contribution in [3.63, 3.8) is 0 Å². The molecular weight excluding hydrogens is 432 g/mol. The molecule has 0 spiro atoms. The fourth-order valence-electron chi connectivity index (χ4n) is 4.39. The summed E-state index contributed by atoms with van der Waals surface area (Å²) in [5.41, 5.74) is 4.80. The monoisotopic (exact) mass is 466 g/mol. The van der Waals surface area contributed by atoms with Crippen molar-refractivity contribution in [3.05, 3.63) is 59.7 Å². The van der Waals surface area contributed by atoms with Crippen LogP contribution in [0.25, 0.3) is 11.1 Å². The molecule has 0 bridgehead atoms. The molecule has 7 nitrogen and oxygen atoms in total. The second kappa shape index (κ2) is 12.8. The first-order valence-electron chi connectivity index (χ1n) is 12.1. The number of aliphatic carboxylic acids is 1. The van der Waals surface area contributed by atoms with E-state index in [1.807, 2.05) is 24.3 Å². The molecule has 0 heterocycles. The van der Waals surface area contributed by atoms with Crippen LogP contribution in [0.4, 0.5) is 4.79 Å². The molecule has 2 amide bonds. The predicted octanol–water partition coefficient (Wildman–Crippen LogP) is 4.85. The Balaban J connectivity index is 1.27. The number of fused-ring (bicyclic) bond motifs is 3. The SMILES string of the molecule is CC[C@@H](NC(=O)CCCCCCCNC(=O)OCC1c2ccccc2-c2ccccc21)C(=O)O. The number of unbranched alkanes of at least 4 members (excludes halogenated alkanes) is 4. The largest absolute Gasteiger partial charge is 0.480 e. The standard InChI is InChI=1S/C27H34N2O5/c1-2-24(26(31)32)29-25(30)16-6-4-3-5-11-17-28-27(33)34-18-23-21-14-9-7-12-19(21)20-13-8-10-15-22(20)23/h7-10,12-15,23-24H,2-6,11,16-18H2,1H3,(H,28,33)(H,29,30)(H,31,32)/t24-/m1/s1. The number of rotatable bonds is 13. The van der Waals surface area contributed by atoms with Crippen LogP contribution in [0.2, 0.25) is 0 Å². The van der Waals surface area contributed by atoms with Crippen LogP contribution in [0.1, 0.15) is 68.9 Å². The molecule has 0 aromatic heterocycles. The van der Waals surface area contributed by atoms with Crippen LogP contribution < -0.4 is 10.6 Å². The van der Waals surface area contributed by atoms with Crippen LogP contribution in [0.15, 0.2) is 48.5 Å². The van der Waals surface area contributed by atoms with Crippen molar-refractivity contribution in [2.45, 2.75) is 63.8 Å². The van der Waals surface area contributed by atoms with Crippen LogP contribution >= 0.6 is 0 Å². The van der Waals surface area contributed by atoms with Crippen molar-refractivity contribution in [1.29, 1.82) is 0 Å². The molecule has 0 saturated heterocycles. The lowest BCUT2D eigenvalue weighted by molar-refractivity contribution is -0.141. The number of ether oxygens (including phenoxy) is 1. The van der Waals surface area contributed by atoms with Gasteiger partial charge in [-0.3, -0.25) is 4.79 Å². The van der Waals surface area contributed by atoms with Crippen LogP contribution in [-0.2, 0) is 14.3 Å². The third kappa shape index (κ3) is 6.83. The quantitative estimate of drug-likeness (QED) is 0.366. The van der Waals surface area contributed by atoms with Gasteiger partial charge in [0.15, 0.2) is 0 Å². The van der Waals surface area contributed by atoms with E-state index in [0.717, 1.165) is 32.1 Å². The van der Waals surface area contributed by atoms with E-state index in [9.17, 15) is 14.4 Å². The van der Waals surface area contributed by atoms with Crippen LogP contribution in [-0.4, -0.2) is 42.3 Å². The highest BCUT2D eigenvalue weighted by Gasteiger charge is 2.28. The fraction of sp³-hybridized carbons (Fsp3) is 0.444. The maximum Gasteiger partial charge on any atom is 0.407 e. The summed E-state index contributed by atoms with van der Waals surface area (Å²) in [4.78, 5) is 34.9. The Kier molecular flexibility index (Phi) is 9.50. The number of nitrogens with one attached hydrogen (secondary N) is 2. The van der Waals surface area contributed by atoms with Gasteiger partial charge in [0, 0.05) is 18.9 Å². The molecular formula is C27H34N2O5. The molecule has 3 N–H and O–H groups in total. The normalized spacial score (nSPS) is 13.0. The van der Waals surface area contributed by atoms with Gasteiger partial charge in [-0.1, -0.05) is 74.7 Å². The van der Waals surface area contributed by atoms with E-state index in [2.05, 4.69) is 34.9 Å². The molecule has 0 unspecified atom stereocenters. The Morgan fingerprint density at radius 3 is 2.12 bits per heavy atom. The molecule has 1 aliphatic rings. The third-order valence-corrected chi connectivity index (χ3v) is 6.24. The molecule has 2 aromatic carbocycles. The number of alkyl carbamates (subject to hydrolysis) is 1. The molecule has 0 radical (unpaired) electrons. The maximum atomic E-state index is 12.2. The number of carbonyl (C=O) groups excluding carboxylic acids is 2. The highest BCUT2D eigenvalue weighted by atomic mass is 16.5. The van der Waals surface area contributed by atoms with Crippen molar-refractivity contribution in [3.8, 4) is 11.1 Å². The topological polar surface area (TPSA) is 105 Å². The zero-order valence-electron chi connectivity index (χ0n) is 19.7. The smallest absolute Gasteiger partial charge is 0.407 e. The van der Waals surface area contributed by atoms with Crippen molar-refractivity contribution < 1.29 is 24.2 Å². The van der Waals surface area contributed by atoms with Crippen LogP contribution in [0.5, 0.6) is 0 Å². The summed E-state index contributed by atoms with van der Waals surface area (Å²) in [6, 6.07) is 15.7. The first kappa shape index (κ1) is 25.3. The molecule has 2 aromatic rings. The lowest BCUT2D eigenvalue weighted by Crippen LogP contribution is -2.40. The lowest BCUT2D eigenvalue weighted by Gasteiger charge is -2.14. The Hall–Kier alpha value is -3.35. The van der Waals surface area contributed by atoms with E-state index in [1.165, 1.54) is 22.3 Å². The highest BCUT2D eigenvalue weighted by Crippen LogP contribution is 2.44. The summed E-state index contributed by atoms with van der Waals surface area (Å²) in [6.07, 6.45) is 4.66. The van der Waals surface area contributed by atoms with Gasteiger partial charge in [-0.25, -0.2) is 9.59 Å². The molecule has 34 heavy (non-hydrogen) atoms. The number of hydrogen-bond donors (Lipinski definition) is 3. The average Bonchev–Trinajstić information content (AvgIpc) is 3.16. The van der Waals surface area contributed by atoms with Gasteiger partial charge in [0.1, 0.15) is 12.6 Å². The molecule has 182 valence electrons. The zero-order valence-corrected chi connectivity index (χ0v) is 19.7. The summed E-state index contributed by atoms with van der Waals surface area (Å²) >= 11 is 0. The highest BCUT2D eigenvalue weighted by molar-refractivity contribution is 5.83. The molecule has 1 atom stereocenters. The van der Waals surface area contributed by atoms with Gasteiger partial charge in [0.05, 0.1) is 0 Å². The molecule has 0 saturated carbocycles. The van der Waals surface area contributed by atoms with Gasteiger partial charge in [-0.2, -0.15) is 0 Å². The summed E-state index contributed by atoms with van der Waals surface area (Å²) in [6.45, 7) is 2.59. The lowest BCUT2D eigenvalue weighted by atomic mass is 9.98. The molecule has 0 fully saturated rings. The van der Waals surface area contributed by atoms with E-state index in [0.29, 0.717) is 26.0 Å². The zero-order chi connectivity index (χ0) is 24.3. The Morgan fingerprint density at radius 2 is 1.50 bits per heavy atom. The van der Waals surface area contributed by atoms with Gasteiger partial charge < -0.3 is 20.5 Å². The molecule has 1 aliphatic carbocycles. The van der Waals surface area contributed by atoms with Crippen LogP contribution in [0, 0.1) is 0 Å². The van der Waals surface area contributed by atoms with Crippen molar-refractivity contribution in [2.75, 3.05) is 13.2 Å². The van der Waals surface area contributed by atoms with Crippen molar-refractivity contribution in [2.24, 2.45) is 0 Å². The third-order valence-electron chi connectivity index (χ3n) is 6.24. The van der Waals surface area contributed by atoms with Gasteiger partial charge in [0.25, 0.3) is 0 Å². The van der Waals surface area contributed by atoms with E-state index in [-0.39, 0.29) is 11.8 Å². The summed E-state index contributed by atoms with van der Waals surface area (Å²) in [7, 11) is 0. The number of carboxylic acid groups (broad SMARTS) is 1. The first-order valence-corrected chi connectivity index (χ1v) is 12.1. The number of hydrogen-bond acceptors (Lipinski definition) is 4. The predicted molar refractivity (Wildman–Crippen MR) is 131 cm³/mol. The number of benzene rings is 2. The molecule has 7 heteroatoms.